The number of hydrogen-bond donors (Lipinski definition) is 1. The van der Waals surface area contributed by atoms with Gasteiger partial charge in [0, 0.05) is 23.9 Å². The van der Waals surface area contributed by atoms with Gasteiger partial charge in [-0.2, -0.15) is 5.10 Å². The second kappa shape index (κ2) is 9.91. The number of carbonyl (C=O) groups excluding carboxylic acids is 1. The van der Waals surface area contributed by atoms with Crippen LogP contribution >= 0.6 is 11.6 Å². The maximum absolute atomic E-state index is 16.4. The summed E-state index contributed by atoms with van der Waals surface area (Å²) in [5.41, 5.74) is -3.18. The number of hydrogen-bond acceptors (Lipinski definition) is 5. The number of benzene rings is 3. The van der Waals surface area contributed by atoms with E-state index in [-0.39, 0.29) is 34.3 Å². The third-order valence-electron chi connectivity index (χ3n) is 6.82. The van der Waals surface area contributed by atoms with E-state index in [0.29, 0.717) is 32.5 Å². The Hall–Kier alpha value is -4.85. The van der Waals surface area contributed by atoms with E-state index < -0.39 is 69.9 Å². The van der Waals surface area contributed by atoms with Crippen LogP contribution in [0.1, 0.15) is 17.0 Å². The summed E-state index contributed by atoms with van der Waals surface area (Å²) < 4.78 is 76.4. The van der Waals surface area contributed by atoms with Crippen LogP contribution in [0.15, 0.2) is 46.2 Å². The van der Waals surface area contributed by atoms with Crippen molar-refractivity contribution >= 4 is 34.1 Å². The molecule has 214 valence electrons. The zero-order chi connectivity index (χ0) is 30.0. The second-order valence-corrected chi connectivity index (χ2v) is 10.0. The van der Waals surface area contributed by atoms with Crippen molar-refractivity contribution < 1.29 is 26.7 Å². The lowest BCUT2D eigenvalue weighted by Gasteiger charge is -2.17. The number of rotatable bonds is 5. The lowest BCUT2D eigenvalue weighted by atomic mass is 9.99. The Morgan fingerprint density at radius 1 is 0.881 bits per heavy atom. The van der Waals surface area contributed by atoms with E-state index in [2.05, 4.69) is 15.4 Å². The Balaban J connectivity index is 1.65. The molecule has 9 nitrogen and oxygen atoms in total. The molecule has 6 rings (SSSR count). The van der Waals surface area contributed by atoms with Crippen molar-refractivity contribution in [2.75, 3.05) is 5.32 Å². The molecule has 1 aliphatic heterocycles. The summed E-state index contributed by atoms with van der Waals surface area (Å²) in [6.45, 7) is -1.32. The molecule has 0 fully saturated rings. The minimum Gasteiger partial charge on any atom is -0.325 e. The van der Waals surface area contributed by atoms with Gasteiger partial charge in [0.15, 0.2) is 29.1 Å². The molecular formula is C27H16ClF5N6O3. The molecule has 0 aliphatic carbocycles. The van der Waals surface area contributed by atoms with Crippen LogP contribution in [-0.4, -0.2) is 29.8 Å². The first-order chi connectivity index (χ1) is 19.9. The summed E-state index contributed by atoms with van der Waals surface area (Å²) in [6.07, 6.45) is 1.25. The number of fused-ring (bicyclic) bond motifs is 2. The van der Waals surface area contributed by atoms with Crippen LogP contribution in [0.4, 0.5) is 27.6 Å². The molecule has 0 atom stereocenters. The van der Waals surface area contributed by atoms with Crippen molar-refractivity contribution in [3.63, 3.8) is 0 Å². The Kier molecular flexibility index (Phi) is 6.44. The molecule has 0 bridgehead atoms. The van der Waals surface area contributed by atoms with Crippen molar-refractivity contribution in [2.24, 2.45) is 7.05 Å². The van der Waals surface area contributed by atoms with E-state index in [4.69, 9.17) is 11.6 Å². The summed E-state index contributed by atoms with van der Waals surface area (Å²) in [7, 11) is 1.53. The van der Waals surface area contributed by atoms with Gasteiger partial charge in [-0.15, -0.1) is 0 Å². The summed E-state index contributed by atoms with van der Waals surface area (Å²) in [6, 6.07) is 4.64. The monoisotopic (exact) mass is 602 g/mol. The number of anilines is 1. The highest BCUT2D eigenvalue weighted by Gasteiger charge is 2.27. The fourth-order valence-corrected chi connectivity index (χ4v) is 5.21. The predicted octanol–water partition coefficient (Wildman–Crippen LogP) is 3.90. The Bertz CT molecular complexity index is 2080. The van der Waals surface area contributed by atoms with Gasteiger partial charge in [0.25, 0.3) is 5.56 Å². The first-order valence-electron chi connectivity index (χ1n) is 12.2. The van der Waals surface area contributed by atoms with Crippen molar-refractivity contribution in [1.29, 1.82) is 0 Å². The van der Waals surface area contributed by atoms with Gasteiger partial charge >= 0.3 is 5.69 Å². The van der Waals surface area contributed by atoms with Gasteiger partial charge in [-0.3, -0.25) is 23.4 Å². The molecule has 1 N–H and O–H groups in total. The molecule has 0 saturated heterocycles. The molecule has 3 aromatic carbocycles. The van der Waals surface area contributed by atoms with Crippen LogP contribution < -0.4 is 16.6 Å². The molecule has 1 amide bonds. The first kappa shape index (κ1) is 27.3. The molecule has 42 heavy (non-hydrogen) atoms. The summed E-state index contributed by atoms with van der Waals surface area (Å²) in [4.78, 5) is 42.9. The number of halogens is 6. The molecule has 0 saturated carbocycles. The van der Waals surface area contributed by atoms with E-state index in [0.717, 1.165) is 6.07 Å². The standard InChI is InChI=1S/C27H16ClF5N6O3/c1-37-10-34-20(36-37)9-39-26(41)22-16(29)6-14(13-4-12-5-21(40)35-19(12)7-15(13)28)23(32)25(22)38(27(39)42)8-11-2-17(30)24(33)18(31)3-11/h2-4,6-7,10H,5,8-9H2,1H3,(H,35,40). The number of nitrogens with one attached hydrogen (secondary N) is 1. The van der Waals surface area contributed by atoms with Gasteiger partial charge in [0.2, 0.25) is 5.91 Å². The molecule has 15 heteroatoms. The Morgan fingerprint density at radius 2 is 1.60 bits per heavy atom. The van der Waals surface area contributed by atoms with Gasteiger partial charge in [-0.1, -0.05) is 11.6 Å². The van der Waals surface area contributed by atoms with E-state index in [9.17, 15) is 27.6 Å². The van der Waals surface area contributed by atoms with Crippen LogP contribution in [0, 0.1) is 29.1 Å². The number of aromatic nitrogens is 5. The number of amides is 1. The highest BCUT2D eigenvalue weighted by Crippen LogP contribution is 2.38. The SMILES string of the molecule is Cn1cnc(Cn2c(=O)c3c(F)cc(-c4cc5c(cc4Cl)NC(=O)C5)c(F)c3n(Cc3cc(F)c(F)c(F)c3)c2=O)n1. The number of carbonyl (C=O) groups is 1. The molecule has 0 unspecified atom stereocenters. The van der Waals surface area contributed by atoms with Crippen molar-refractivity contribution in [1.82, 2.24) is 23.9 Å². The molecule has 0 radical (unpaired) electrons. The zero-order valence-electron chi connectivity index (χ0n) is 21.3. The Morgan fingerprint density at radius 3 is 2.26 bits per heavy atom. The quantitative estimate of drug-likeness (QED) is 0.243. The molecular weight excluding hydrogens is 587 g/mol. The van der Waals surface area contributed by atoms with E-state index >= 15 is 8.78 Å². The fraction of sp³-hybridized carbons (Fsp3) is 0.148. The normalized spacial score (nSPS) is 12.7. The highest BCUT2D eigenvalue weighted by molar-refractivity contribution is 6.34. The van der Waals surface area contributed by atoms with E-state index in [1.54, 1.807) is 0 Å². The van der Waals surface area contributed by atoms with Crippen LogP contribution in [0.25, 0.3) is 22.0 Å². The first-order valence-corrected chi connectivity index (χ1v) is 12.6. The van der Waals surface area contributed by atoms with Crippen molar-refractivity contribution in [2.45, 2.75) is 19.5 Å². The van der Waals surface area contributed by atoms with Crippen LogP contribution in [0.5, 0.6) is 0 Å². The van der Waals surface area contributed by atoms with Gasteiger partial charge in [0.05, 0.1) is 30.0 Å². The molecule has 1 aliphatic rings. The van der Waals surface area contributed by atoms with Crippen molar-refractivity contribution in [3.8, 4) is 11.1 Å². The Labute approximate surface area is 236 Å². The smallest absolute Gasteiger partial charge is 0.325 e. The van der Waals surface area contributed by atoms with Gasteiger partial charge in [-0.25, -0.2) is 31.7 Å². The third-order valence-corrected chi connectivity index (χ3v) is 7.13. The van der Waals surface area contributed by atoms with Gasteiger partial charge in [0.1, 0.15) is 17.5 Å². The van der Waals surface area contributed by atoms with Crippen LogP contribution in [0.3, 0.4) is 0 Å². The number of aryl methyl sites for hydroxylation is 1. The molecule has 5 aromatic rings. The van der Waals surface area contributed by atoms with Gasteiger partial charge in [-0.05, 0) is 41.5 Å². The highest BCUT2D eigenvalue weighted by atomic mass is 35.5. The molecule has 3 heterocycles. The van der Waals surface area contributed by atoms with E-state index in [1.807, 2.05) is 0 Å². The molecule has 0 spiro atoms. The summed E-state index contributed by atoms with van der Waals surface area (Å²) in [5, 5.41) is 5.67. The summed E-state index contributed by atoms with van der Waals surface area (Å²) >= 11 is 6.36. The maximum atomic E-state index is 16.4. The largest absolute Gasteiger partial charge is 0.332 e. The lowest BCUT2D eigenvalue weighted by molar-refractivity contribution is -0.115. The third kappa shape index (κ3) is 4.43. The maximum Gasteiger partial charge on any atom is 0.332 e. The lowest BCUT2D eigenvalue weighted by Crippen LogP contribution is -2.41. The minimum atomic E-state index is -1.76. The average Bonchev–Trinajstić information content (AvgIpc) is 3.51. The number of nitrogens with zero attached hydrogens (tertiary/aromatic N) is 5. The predicted molar refractivity (Wildman–Crippen MR) is 141 cm³/mol. The minimum absolute atomic E-state index is 0.00736. The summed E-state index contributed by atoms with van der Waals surface area (Å²) in [5.74, 6) is -7.73. The van der Waals surface area contributed by atoms with Crippen LogP contribution in [0.2, 0.25) is 5.02 Å². The van der Waals surface area contributed by atoms with Gasteiger partial charge < -0.3 is 5.32 Å². The fourth-order valence-electron chi connectivity index (χ4n) is 4.95. The van der Waals surface area contributed by atoms with Crippen molar-refractivity contribution in [3.05, 3.63) is 109 Å². The zero-order valence-corrected chi connectivity index (χ0v) is 22.1. The molecule has 2 aromatic heterocycles. The second-order valence-electron chi connectivity index (χ2n) is 9.63. The van der Waals surface area contributed by atoms with Crippen LogP contribution in [-0.2, 0) is 31.4 Å². The topological polar surface area (TPSA) is 104 Å². The average molecular weight is 603 g/mol. The van der Waals surface area contributed by atoms with E-state index in [1.165, 1.54) is 30.2 Å².